The Kier molecular flexibility index (Phi) is 3.63. The van der Waals surface area contributed by atoms with Crippen LogP contribution in [0.4, 0.5) is 5.13 Å². The molecule has 0 unspecified atom stereocenters. The number of pyridine rings is 1. The zero-order chi connectivity index (χ0) is 11.5. The summed E-state index contributed by atoms with van der Waals surface area (Å²) in [5, 5.41) is 10.3. The second-order valence-corrected chi connectivity index (χ2v) is 5.76. The topological polar surface area (TPSA) is 41.9 Å². The number of nitrogens with zero attached hydrogens (tertiary/aromatic N) is 4. The van der Waals surface area contributed by atoms with Crippen LogP contribution in [-0.2, 0) is 0 Å². The van der Waals surface area contributed by atoms with E-state index in [4.69, 9.17) is 11.6 Å². The fraction of sp³-hybridized carbons (Fsp3) is 0.222. The van der Waals surface area contributed by atoms with Crippen LogP contribution in [0.25, 0.3) is 0 Å². The highest BCUT2D eigenvalue weighted by molar-refractivity contribution is 8.01. The predicted octanol–water partition coefficient (Wildman–Crippen LogP) is 2.80. The van der Waals surface area contributed by atoms with Crippen molar-refractivity contribution < 1.29 is 0 Å². The standard InChI is InChI=1S/C9H9ClN4S2/c1-14(2)8-12-13-9(16-8)15-7-5-3-4-6(10)11-7/h3-5H,1-2H3. The van der Waals surface area contributed by atoms with Gasteiger partial charge in [0.1, 0.15) is 10.2 Å². The van der Waals surface area contributed by atoms with Crippen LogP contribution in [0.3, 0.4) is 0 Å². The molecule has 0 aliphatic rings. The van der Waals surface area contributed by atoms with Crippen LogP contribution < -0.4 is 4.90 Å². The lowest BCUT2D eigenvalue weighted by molar-refractivity contribution is 0.970. The molecule has 0 N–H and O–H groups in total. The van der Waals surface area contributed by atoms with Crippen molar-refractivity contribution in [2.24, 2.45) is 0 Å². The zero-order valence-corrected chi connectivity index (χ0v) is 11.1. The fourth-order valence-electron chi connectivity index (χ4n) is 0.960. The molecule has 84 valence electrons. The van der Waals surface area contributed by atoms with Gasteiger partial charge >= 0.3 is 0 Å². The molecule has 0 aromatic carbocycles. The first-order chi connectivity index (χ1) is 7.65. The highest BCUT2D eigenvalue weighted by Gasteiger charge is 2.08. The maximum Gasteiger partial charge on any atom is 0.208 e. The summed E-state index contributed by atoms with van der Waals surface area (Å²) in [6, 6.07) is 5.51. The minimum atomic E-state index is 0.488. The van der Waals surface area contributed by atoms with Crippen LogP contribution >= 0.6 is 34.7 Å². The maximum atomic E-state index is 5.80. The van der Waals surface area contributed by atoms with Crippen LogP contribution in [0.15, 0.2) is 27.6 Å². The molecule has 0 radical (unpaired) electrons. The van der Waals surface area contributed by atoms with E-state index in [0.717, 1.165) is 14.5 Å². The third-order valence-corrected chi connectivity index (χ3v) is 3.95. The summed E-state index contributed by atoms with van der Waals surface area (Å²) in [7, 11) is 3.87. The van der Waals surface area contributed by atoms with E-state index >= 15 is 0 Å². The van der Waals surface area contributed by atoms with Gasteiger partial charge in [-0.1, -0.05) is 29.0 Å². The second-order valence-electron chi connectivity index (χ2n) is 3.15. The first kappa shape index (κ1) is 11.6. The monoisotopic (exact) mass is 272 g/mol. The number of hydrogen-bond acceptors (Lipinski definition) is 6. The Balaban J connectivity index is 2.14. The van der Waals surface area contributed by atoms with Gasteiger partial charge in [0, 0.05) is 14.1 Å². The van der Waals surface area contributed by atoms with Crippen molar-refractivity contribution in [3.05, 3.63) is 23.4 Å². The van der Waals surface area contributed by atoms with Crippen LogP contribution in [0.2, 0.25) is 5.15 Å². The summed E-state index contributed by atoms with van der Waals surface area (Å²) < 4.78 is 0.860. The molecule has 0 amide bonds. The Morgan fingerprint density at radius 2 is 2.12 bits per heavy atom. The molecule has 0 aliphatic heterocycles. The number of rotatable bonds is 3. The Hall–Kier alpha value is -0.850. The van der Waals surface area contributed by atoms with E-state index in [0.29, 0.717) is 5.15 Å². The van der Waals surface area contributed by atoms with E-state index < -0.39 is 0 Å². The highest BCUT2D eigenvalue weighted by atomic mass is 35.5. The van der Waals surface area contributed by atoms with Crippen molar-refractivity contribution in [2.75, 3.05) is 19.0 Å². The molecule has 0 saturated carbocycles. The molecule has 2 aromatic heterocycles. The highest BCUT2D eigenvalue weighted by Crippen LogP contribution is 2.31. The van der Waals surface area contributed by atoms with Gasteiger partial charge in [-0.2, -0.15) is 0 Å². The third kappa shape index (κ3) is 2.84. The van der Waals surface area contributed by atoms with Crippen LogP contribution in [-0.4, -0.2) is 29.3 Å². The molecule has 0 atom stereocenters. The zero-order valence-electron chi connectivity index (χ0n) is 8.72. The molecule has 0 bridgehead atoms. The number of anilines is 1. The molecular formula is C9H9ClN4S2. The van der Waals surface area contributed by atoms with Gasteiger partial charge in [-0.15, -0.1) is 10.2 Å². The van der Waals surface area contributed by atoms with Crippen molar-refractivity contribution in [3.8, 4) is 0 Å². The van der Waals surface area contributed by atoms with Crippen molar-refractivity contribution in [2.45, 2.75) is 9.37 Å². The molecule has 2 aromatic rings. The Bertz CT molecular complexity index is 486. The van der Waals surface area contributed by atoms with E-state index in [1.807, 2.05) is 31.1 Å². The lowest BCUT2D eigenvalue weighted by atomic mass is 10.5. The fourth-order valence-corrected chi connectivity index (χ4v) is 2.87. The van der Waals surface area contributed by atoms with Crippen LogP contribution in [0.1, 0.15) is 0 Å². The maximum absolute atomic E-state index is 5.80. The van der Waals surface area contributed by atoms with Gasteiger partial charge in [0.05, 0.1) is 0 Å². The van der Waals surface area contributed by atoms with E-state index in [1.165, 1.54) is 23.1 Å². The lowest BCUT2D eigenvalue weighted by Gasteiger charge is -2.03. The Labute approximate surface area is 107 Å². The first-order valence-electron chi connectivity index (χ1n) is 4.46. The lowest BCUT2D eigenvalue weighted by Crippen LogP contribution is -2.07. The summed E-state index contributed by atoms with van der Waals surface area (Å²) in [5.74, 6) is 0. The van der Waals surface area contributed by atoms with Crippen LogP contribution in [0.5, 0.6) is 0 Å². The summed E-state index contributed by atoms with van der Waals surface area (Å²) in [6.07, 6.45) is 0. The molecule has 4 nitrogen and oxygen atoms in total. The van der Waals surface area contributed by atoms with Gasteiger partial charge < -0.3 is 4.90 Å². The minimum Gasteiger partial charge on any atom is -0.353 e. The van der Waals surface area contributed by atoms with E-state index in [9.17, 15) is 0 Å². The van der Waals surface area contributed by atoms with E-state index in [1.54, 1.807) is 6.07 Å². The minimum absolute atomic E-state index is 0.488. The van der Waals surface area contributed by atoms with E-state index in [-0.39, 0.29) is 0 Å². The number of hydrogen-bond donors (Lipinski definition) is 0. The normalized spacial score (nSPS) is 10.4. The SMILES string of the molecule is CN(C)c1nnc(Sc2cccc(Cl)n2)s1. The molecule has 7 heteroatoms. The number of halogens is 1. The molecule has 0 saturated heterocycles. The van der Waals surface area contributed by atoms with Crippen molar-refractivity contribution in [1.29, 1.82) is 0 Å². The quantitative estimate of drug-likeness (QED) is 0.804. The van der Waals surface area contributed by atoms with E-state index in [2.05, 4.69) is 15.2 Å². The summed E-state index contributed by atoms with van der Waals surface area (Å²) in [4.78, 5) is 6.10. The Morgan fingerprint density at radius 1 is 1.31 bits per heavy atom. The smallest absolute Gasteiger partial charge is 0.208 e. The first-order valence-corrected chi connectivity index (χ1v) is 6.47. The molecular weight excluding hydrogens is 264 g/mol. The van der Waals surface area contributed by atoms with Crippen molar-refractivity contribution in [3.63, 3.8) is 0 Å². The average molecular weight is 273 g/mol. The van der Waals surface area contributed by atoms with Crippen LogP contribution in [0, 0.1) is 0 Å². The summed E-state index contributed by atoms with van der Waals surface area (Å²) >= 11 is 8.79. The summed E-state index contributed by atoms with van der Waals surface area (Å²) in [6.45, 7) is 0. The van der Waals surface area contributed by atoms with Crippen molar-refractivity contribution in [1.82, 2.24) is 15.2 Å². The van der Waals surface area contributed by atoms with Gasteiger partial charge in [-0.25, -0.2) is 4.98 Å². The Morgan fingerprint density at radius 3 is 2.75 bits per heavy atom. The van der Waals surface area contributed by atoms with Gasteiger partial charge in [0.25, 0.3) is 0 Å². The average Bonchev–Trinajstić information content (AvgIpc) is 2.66. The van der Waals surface area contributed by atoms with Gasteiger partial charge in [-0.05, 0) is 23.9 Å². The molecule has 2 rings (SSSR count). The van der Waals surface area contributed by atoms with Gasteiger partial charge in [0.15, 0.2) is 4.34 Å². The van der Waals surface area contributed by atoms with Gasteiger partial charge in [-0.3, -0.25) is 0 Å². The largest absolute Gasteiger partial charge is 0.353 e. The molecule has 0 aliphatic carbocycles. The molecule has 0 spiro atoms. The summed E-state index contributed by atoms with van der Waals surface area (Å²) in [5.41, 5.74) is 0. The molecule has 16 heavy (non-hydrogen) atoms. The van der Waals surface area contributed by atoms with Gasteiger partial charge in [0.2, 0.25) is 5.13 Å². The number of aromatic nitrogens is 3. The third-order valence-electron chi connectivity index (χ3n) is 1.66. The predicted molar refractivity (Wildman–Crippen MR) is 67.6 cm³/mol. The van der Waals surface area contributed by atoms with Crippen molar-refractivity contribution >= 4 is 39.8 Å². The molecule has 2 heterocycles. The second kappa shape index (κ2) is 4.99. The molecule has 0 fully saturated rings.